The molecule has 0 spiro atoms. The minimum Gasteiger partial charge on any atom is -0.0617 e. The molecule has 0 saturated heterocycles. The quantitative estimate of drug-likeness (QED) is 0.132. The van der Waals surface area contributed by atoms with E-state index in [0.717, 1.165) is 17.1 Å². The molecule has 8 aromatic carbocycles. The third kappa shape index (κ3) is 4.54. The van der Waals surface area contributed by atoms with Crippen molar-refractivity contribution in [1.82, 2.24) is 0 Å². The van der Waals surface area contributed by atoms with Crippen LogP contribution in [0.3, 0.4) is 0 Å². The topological polar surface area (TPSA) is 3.24 Å². The molecule has 1 nitrogen and oxygen atoms in total. The van der Waals surface area contributed by atoms with Crippen molar-refractivity contribution in [2.75, 3.05) is 4.90 Å². The molecule has 0 amide bonds. The summed E-state index contributed by atoms with van der Waals surface area (Å²) in [4.78, 5) is 2.43. The van der Waals surface area contributed by atoms with Crippen LogP contribution in [0.5, 0.6) is 0 Å². The Balaban J connectivity index is 1.32. The first-order valence-corrected chi connectivity index (χ1v) is 17.4. The van der Waals surface area contributed by atoms with E-state index in [1.54, 1.807) is 0 Å². The number of hydrogen-bond donors (Lipinski definition) is 0. The van der Waals surface area contributed by atoms with Gasteiger partial charge in [-0.2, -0.15) is 0 Å². The fourth-order valence-electron chi connectivity index (χ4n) is 6.84. The summed E-state index contributed by atoms with van der Waals surface area (Å²) < 4.78 is 2.97. The molecule has 2 heteroatoms. The van der Waals surface area contributed by atoms with Gasteiger partial charge in [0.25, 0.3) is 0 Å². The maximum atomic E-state index is 2.43. The van der Waals surface area contributed by atoms with E-state index in [1.165, 1.54) is 63.1 Å². The van der Waals surface area contributed by atoms with Gasteiger partial charge in [0, 0.05) is 0 Å². The number of benzene rings is 8. The molecule has 0 aliphatic heterocycles. The van der Waals surface area contributed by atoms with Crippen molar-refractivity contribution in [3.63, 3.8) is 0 Å². The van der Waals surface area contributed by atoms with E-state index >= 15 is 0 Å². The maximum absolute atomic E-state index is 2.43. The molecule has 0 aliphatic carbocycles. The summed E-state index contributed by atoms with van der Waals surface area (Å²) in [6.07, 6.45) is 0. The van der Waals surface area contributed by atoms with Gasteiger partial charge in [0.05, 0.1) is 0 Å². The van der Waals surface area contributed by atoms with E-state index in [4.69, 9.17) is 0 Å². The van der Waals surface area contributed by atoms with Crippen molar-refractivity contribution < 1.29 is 0 Å². The molecular weight excluding hydrogens is 621 g/mol. The summed E-state index contributed by atoms with van der Waals surface area (Å²) in [5, 5.41) is 8.07. The Hall–Kier alpha value is -5.40. The van der Waals surface area contributed by atoms with Crippen LogP contribution in [0.25, 0.3) is 63.1 Å². The molecule has 1 heterocycles. The fraction of sp³-hybridized carbons (Fsp3) is 0. The zero-order valence-corrected chi connectivity index (χ0v) is 26.8. The van der Waals surface area contributed by atoms with Gasteiger partial charge >= 0.3 is 257 Å². The van der Waals surface area contributed by atoms with Crippen LogP contribution in [0.1, 0.15) is 0 Å². The van der Waals surface area contributed by atoms with E-state index in [2.05, 4.69) is 181 Å². The number of rotatable bonds is 5. The third-order valence-corrected chi connectivity index (χ3v) is 11.6. The molecule has 0 radical (unpaired) electrons. The van der Waals surface area contributed by atoms with Gasteiger partial charge in [0.15, 0.2) is 0 Å². The Labute approximate surface area is 274 Å². The van der Waals surface area contributed by atoms with Gasteiger partial charge in [-0.3, -0.25) is 0 Å². The fourth-order valence-corrected chi connectivity index (χ4v) is 9.51. The second kappa shape index (κ2) is 11.2. The van der Waals surface area contributed by atoms with Crippen molar-refractivity contribution in [2.45, 2.75) is 0 Å². The molecular formula is C44H29NSe. The van der Waals surface area contributed by atoms with E-state index in [-0.39, 0.29) is 14.5 Å². The standard InChI is InChI=1S/C44H29NSe/c1-4-12-30(13-5-1)34-24-27-41(39(28-34)31-14-6-2-7-15-31)45(35-16-8-3-9-17-35)36-25-22-32-20-21-33-23-26-38-37-18-10-11-19-42(37)46-44(38)43(33)40(32)29-36/h1-29H. The summed E-state index contributed by atoms with van der Waals surface area (Å²) in [6.45, 7) is 0. The predicted octanol–water partition coefficient (Wildman–Crippen LogP) is 12.2. The molecule has 46 heavy (non-hydrogen) atoms. The Kier molecular flexibility index (Phi) is 6.56. The molecule has 0 unspecified atom stereocenters. The van der Waals surface area contributed by atoms with Crippen molar-refractivity contribution in [3.8, 4) is 22.3 Å². The van der Waals surface area contributed by atoms with Gasteiger partial charge in [-0.25, -0.2) is 0 Å². The monoisotopic (exact) mass is 651 g/mol. The molecule has 0 fully saturated rings. The van der Waals surface area contributed by atoms with Crippen LogP contribution in [-0.2, 0) is 0 Å². The van der Waals surface area contributed by atoms with Crippen LogP contribution in [-0.4, -0.2) is 14.5 Å². The number of hydrogen-bond acceptors (Lipinski definition) is 1. The molecule has 0 atom stereocenters. The molecule has 9 rings (SSSR count). The minimum atomic E-state index is 0.266. The summed E-state index contributed by atoms with van der Waals surface area (Å²) in [5.41, 5.74) is 8.25. The number of nitrogens with zero attached hydrogens (tertiary/aromatic N) is 1. The molecule has 0 N–H and O–H groups in total. The zero-order chi connectivity index (χ0) is 30.5. The van der Waals surface area contributed by atoms with Gasteiger partial charge in [-0.1, -0.05) is 18.2 Å². The van der Waals surface area contributed by atoms with E-state index in [9.17, 15) is 0 Å². The Morgan fingerprint density at radius 2 is 1.04 bits per heavy atom. The summed E-state index contributed by atoms with van der Waals surface area (Å²) in [6, 6.07) is 64.3. The molecule has 0 bridgehead atoms. The Morgan fingerprint density at radius 1 is 0.391 bits per heavy atom. The average Bonchev–Trinajstić information content (AvgIpc) is 3.52. The average molecular weight is 651 g/mol. The van der Waals surface area contributed by atoms with E-state index < -0.39 is 0 Å². The van der Waals surface area contributed by atoms with Crippen LogP contribution in [0.15, 0.2) is 176 Å². The van der Waals surface area contributed by atoms with Crippen molar-refractivity contribution in [1.29, 1.82) is 0 Å². The van der Waals surface area contributed by atoms with Gasteiger partial charge in [-0.15, -0.1) is 0 Å². The van der Waals surface area contributed by atoms with E-state index in [0.29, 0.717) is 0 Å². The third-order valence-electron chi connectivity index (χ3n) is 9.03. The predicted molar refractivity (Wildman–Crippen MR) is 199 cm³/mol. The van der Waals surface area contributed by atoms with Crippen LogP contribution >= 0.6 is 0 Å². The molecule has 1 aromatic heterocycles. The zero-order valence-electron chi connectivity index (χ0n) is 25.1. The van der Waals surface area contributed by atoms with Gasteiger partial charge < -0.3 is 0 Å². The smallest absolute Gasteiger partial charge is 0.0617 e. The first-order chi connectivity index (χ1) is 22.8. The number of anilines is 3. The van der Waals surface area contributed by atoms with Crippen LogP contribution in [0.4, 0.5) is 17.1 Å². The molecule has 216 valence electrons. The van der Waals surface area contributed by atoms with Crippen molar-refractivity contribution in [3.05, 3.63) is 176 Å². The van der Waals surface area contributed by atoms with Crippen molar-refractivity contribution >= 4 is 72.4 Å². The minimum absolute atomic E-state index is 0.266. The second-order valence-electron chi connectivity index (χ2n) is 11.7. The van der Waals surface area contributed by atoms with Crippen molar-refractivity contribution in [2.24, 2.45) is 0 Å². The summed E-state index contributed by atoms with van der Waals surface area (Å²) in [7, 11) is 0. The second-order valence-corrected chi connectivity index (χ2v) is 14.0. The normalized spacial score (nSPS) is 11.5. The molecule has 0 saturated carbocycles. The Bertz CT molecular complexity index is 2510. The van der Waals surface area contributed by atoms with Gasteiger partial charge in [0.1, 0.15) is 0 Å². The SMILES string of the molecule is c1ccc(-c2ccc(N(c3ccccc3)c3ccc4ccc5ccc6c7ccccc7[se]c6c5c4c3)c(-c3ccccc3)c2)cc1. The molecule has 9 aromatic rings. The number of fused-ring (bicyclic) bond motifs is 7. The van der Waals surface area contributed by atoms with Crippen LogP contribution in [0, 0.1) is 0 Å². The van der Waals surface area contributed by atoms with Crippen LogP contribution in [0.2, 0.25) is 0 Å². The summed E-state index contributed by atoms with van der Waals surface area (Å²) >= 11 is 0.266. The van der Waals surface area contributed by atoms with Gasteiger partial charge in [0.2, 0.25) is 0 Å². The molecule has 0 aliphatic rings. The Morgan fingerprint density at radius 3 is 1.85 bits per heavy atom. The number of para-hydroxylation sites is 1. The van der Waals surface area contributed by atoms with Gasteiger partial charge in [-0.05, 0) is 0 Å². The van der Waals surface area contributed by atoms with E-state index in [1.807, 2.05) is 0 Å². The first-order valence-electron chi connectivity index (χ1n) is 15.7. The summed E-state index contributed by atoms with van der Waals surface area (Å²) in [5.74, 6) is 0. The van der Waals surface area contributed by atoms with Crippen LogP contribution < -0.4 is 4.90 Å². The first kappa shape index (κ1) is 27.0.